The Morgan fingerprint density at radius 3 is 2.71 bits per heavy atom. The molecule has 10 heteroatoms. The quantitative estimate of drug-likeness (QED) is 0.736. The molecule has 6 nitrogen and oxygen atoms in total. The van der Waals surface area contributed by atoms with E-state index < -0.39 is 29.0 Å². The van der Waals surface area contributed by atoms with Crippen LogP contribution in [0.15, 0.2) is 12.1 Å². The van der Waals surface area contributed by atoms with Gasteiger partial charge in [-0.3, -0.25) is 4.79 Å². The molecule has 0 bridgehead atoms. The van der Waals surface area contributed by atoms with E-state index in [4.69, 9.17) is 0 Å². The van der Waals surface area contributed by atoms with Crippen molar-refractivity contribution in [3.8, 4) is 0 Å². The largest absolute Gasteiger partial charge is 0.317 e. The number of carbonyl (C=O) groups is 1. The molecule has 0 aliphatic heterocycles. The summed E-state index contributed by atoms with van der Waals surface area (Å²) in [6.45, 7) is 1.65. The molecular weight excluding hydrogens is 307 g/mol. The summed E-state index contributed by atoms with van der Waals surface area (Å²) in [5, 5.41) is 13.6. The smallest absolute Gasteiger partial charge is 0.286 e. The topological polar surface area (TPSA) is 72.2 Å². The second-order valence-corrected chi connectivity index (χ2v) is 4.98. The molecule has 0 aliphatic carbocycles. The van der Waals surface area contributed by atoms with Crippen LogP contribution in [0.3, 0.4) is 0 Å². The number of nitrogens with one attached hydrogen (secondary N) is 1. The minimum Gasteiger partial charge on any atom is -0.317 e. The molecule has 2 aromatic heterocycles. The summed E-state index contributed by atoms with van der Waals surface area (Å²) in [5.41, 5.74) is -0.471. The number of amides is 1. The fourth-order valence-corrected chi connectivity index (χ4v) is 2.38. The second-order valence-electron chi connectivity index (χ2n) is 4.03. The van der Waals surface area contributed by atoms with E-state index in [0.29, 0.717) is 10.8 Å². The van der Waals surface area contributed by atoms with Crippen molar-refractivity contribution in [1.29, 1.82) is 0 Å². The minimum atomic E-state index is -1.65. The number of anilines is 1. The Balaban J connectivity index is 1.91. The Morgan fingerprint density at radius 2 is 2.00 bits per heavy atom. The van der Waals surface area contributed by atoms with E-state index in [2.05, 4.69) is 20.6 Å². The second kappa shape index (κ2) is 4.81. The molecule has 0 unspecified atom stereocenters. The number of aryl methyl sites for hydroxylation is 1. The maximum atomic E-state index is 13.5. The third-order valence-corrected chi connectivity index (χ3v) is 3.52. The van der Waals surface area contributed by atoms with Crippen LogP contribution in [0.5, 0.6) is 0 Å². The highest BCUT2D eigenvalue weighted by Gasteiger charge is 2.19. The molecule has 108 valence electrons. The van der Waals surface area contributed by atoms with Crippen LogP contribution in [0.25, 0.3) is 4.96 Å². The first-order chi connectivity index (χ1) is 9.97. The third-order valence-electron chi connectivity index (χ3n) is 2.62. The zero-order chi connectivity index (χ0) is 15.1. The van der Waals surface area contributed by atoms with Gasteiger partial charge >= 0.3 is 0 Å². The molecule has 1 N–H and O–H groups in total. The fourth-order valence-electron chi connectivity index (χ4n) is 1.60. The van der Waals surface area contributed by atoms with Crippen LogP contribution in [0.4, 0.5) is 18.9 Å². The molecule has 1 amide bonds. The van der Waals surface area contributed by atoms with E-state index in [1.165, 1.54) is 4.52 Å². The molecule has 0 fully saturated rings. The average molecular weight is 313 g/mol. The molecule has 0 saturated carbocycles. The van der Waals surface area contributed by atoms with Crippen molar-refractivity contribution in [3.63, 3.8) is 0 Å². The van der Waals surface area contributed by atoms with E-state index >= 15 is 0 Å². The Labute approximate surface area is 119 Å². The SMILES string of the molecule is Cc1nnc2sc(C(=O)Nc3ccc(F)c(F)c3F)nn12. The number of nitrogens with zero attached hydrogens (tertiary/aromatic N) is 4. The van der Waals surface area contributed by atoms with Crippen molar-refractivity contribution in [2.24, 2.45) is 0 Å². The normalized spacial score (nSPS) is 11.0. The fraction of sp³-hybridized carbons (Fsp3) is 0.0909. The van der Waals surface area contributed by atoms with Gasteiger partial charge in [-0.25, -0.2) is 13.2 Å². The van der Waals surface area contributed by atoms with Crippen molar-refractivity contribution in [3.05, 3.63) is 40.4 Å². The molecule has 1 aromatic carbocycles. The Bertz CT molecular complexity index is 859. The lowest BCUT2D eigenvalue weighted by Crippen LogP contribution is -2.14. The number of rotatable bonds is 2. The predicted molar refractivity (Wildman–Crippen MR) is 67.7 cm³/mol. The summed E-state index contributed by atoms with van der Waals surface area (Å²) in [6.07, 6.45) is 0. The zero-order valence-corrected chi connectivity index (χ0v) is 11.2. The molecular formula is C11H6F3N5OS. The van der Waals surface area contributed by atoms with Crippen molar-refractivity contribution >= 4 is 27.9 Å². The van der Waals surface area contributed by atoms with E-state index in [9.17, 15) is 18.0 Å². The van der Waals surface area contributed by atoms with Crippen LogP contribution in [-0.2, 0) is 0 Å². The maximum Gasteiger partial charge on any atom is 0.286 e. The van der Waals surface area contributed by atoms with Gasteiger partial charge in [-0.15, -0.1) is 15.3 Å². The highest BCUT2D eigenvalue weighted by atomic mass is 32.1. The summed E-state index contributed by atoms with van der Waals surface area (Å²) in [4.78, 5) is 12.3. The van der Waals surface area contributed by atoms with Crippen LogP contribution < -0.4 is 5.32 Å². The lowest BCUT2D eigenvalue weighted by Gasteiger charge is -2.05. The first-order valence-corrected chi connectivity index (χ1v) is 6.42. The summed E-state index contributed by atoms with van der Waals surface area (Å²) in [7, 11) is 0. The Morgan fingerprint density at radius 1 is 1.24 bits per heavy atom. The molecule has 0 radical (unpaired) electrons. The van der Waals surface area contributed by atoms with Crippen molar-refractivity contribution in [2.45, 2.75) is 6.92 Å². The number of hydrogen-bond donors (Lipinski definition) is 1. The van der Waals surface area contributed by atoms with E-state index in [0.717, 1.165) is 23.5 Å². The number of hydrogen-bond acceptors (Lipinski definition) is 5. The van der Waals surface area contributed by atoms with Crippen LogP contribution in [0.2, 0.25) is 0 Å². The summed E-state index contributed by atoms with van der Waals surface area (Å²) >= 11 is 0.935. The van der Waals surface area contributed by atoms with Crippen LogP contribution in [-0.4, -0.2) is 25.7 Å². The lowest BCUT2D eigenvalue weighted by atomic mass is 10.3. The van der Waals surface area contributed by atoms with Gasteiger partial charge in [0, 0.05) is 0 Å². The van der Waals surface area contributed by atoms with Crippen LogP contribution in [0.1, 0.15) is 15.6 Å². The summed E-state index contributed by atoms with van der Waals surface area (Å²) in [5.74, 6) is -4.72. The molecule has 2 heterocycles. The van der Waals surface area contributed by atoms with Gasteiger partial charge in [0.05, 0.1) is 5.69 Å². The van der Waals surface area contributed by atoms with Gasteiger partial charge in [0.2, 0.25) is 9.97 Å². The Hall–Kier alpha value is -2.49. The highest BCUT2D eigenvalue weighted by Crippen LogP contribution is 2.21. The number of halogens is 3. The number of aromatic nitrogens is 4. The molecule has 3 rings (SSSR count). The van der Waals surface area contributed by atoms with Crippen LogP contribution in [0, 0.1) is 24.4 Å². The summed E-state index contributed by atoms with van der Waals surface area (Å²) in [6, 6.07) is 1.65. The van der Waals surface area contributed by atoms with Gasteiger partial charge in [-0.1, -0.05) is 11.3 Å². The maximum absolute atomic E-state index is 13.5. The molecule has 0 saturated heterocycles. The van der Waals surface area contributed by atoms with Gasteiger partial charge in [-0.2, -0.15) is 4.52 Å². The number of carbonyl (C=O) groups excluding carboxylic acids is 1. The van der Waals surface area contributed by atoms with Crippen molar-refractivity contribution in [1.82, 2.24) is 19.8 Å². The zero-order valence-electron chi connectivity index (χ0n) is 10.4. The van der Waals surface area contributed by atoms with Gasteiger partial charge < -0.3 is 5.32 Å². The van der Waals surface area contributed by atoms with E-state index in [1.54, 1.807) is 6.92 Å². The van der Waals surface area contributed by atoms with Crippen molar-refractivity contribution < 1.29 is 18.0 Å². The first-order valence-electron chi connectivity index (χ1n) is 5.61. The van der Waals surface area contributed by atoms with Gasteiger partial charge in [0.15, 0.2) is 23.3 Å². The summed E-state index contributed by atoms with van der Waals surface area (Å²) < 4.78 is 40.7. The third kappa shape index (κ3) is 2.23. The first kappa shape index (κ1) is 13.5. The number of benzene rings is 1. The van der Waals surface area contributed by atoms with Gasteiger partial charge in [0.1, 0.15) is 0 Å². The molecule has 3 aromatic rings. The van der Waals surface area contributed by atoms with Crippen molar-refractivity contribution in [2.75, 3.05) is 5.32 Å². The predicted octanol–water partition coefficient (Wildman–Crippen LogP) is 2.16. The van der Waals surface area contributed by atoms with Crippen LogP contribution >= 0.6 is 11.3 Å². The highest BCUT2D eigenvalue weighted by molar-refractivity contribution is 7.18. The monoisotopic (exact) mass is 313 g/mol. The molecule has 21 heavy (non-hydrogen) atoms. The standard InChI is InChI=1S/C11H6F3N5OS/c1-4-16-17-11-19(4)18-10(21-11)9(20)15-6-3-2-5(12)7(13)8(6)14/h2-3H,1H3,(H,15,20). The minimum absolute atomic E-state index is 0.00728. The average Bonchev–Trinajstić information content (AvgIpc) is 3.02. The van der Waals surface area contributed by atoms with Gasteiger partial charge in [-0.05, 0) is 19.1 Å². The molecule has 0 atom stereocenters. The molecule has 0 spiro atoms. The number of fused-ring (bicyclic) bond motifs is 1. The van der Waals surface area contributed by atoms with Gasteiger partial charge in [0.25, 0.3) is 5.91 Å². The Kier molecular flexibility index (Phi) is 3.09. The molecule has 0 aliphatic rings. The van der Waals surface area contributed by atoms with E-state index in [-0.39, 0.29) is 5.01 Å². The van der Waals surface area contributed by atoms with E-state index in [1.807, 2.05) is 0 Å². The lowest BCUT2D eigenvalue weighted by molar-refractivity contribution is 0.102.